The Balaban J connectivity index is 0.00000202. The van der Waals surface area contributed by atoms with E-state index in [-0.39, 0.29) is 0 Å². The van der Waals surface area contributed by atoms with Gasteiger partial charge in [0.25, 0.3) is 0 Å². The zero-order valence-corrected chi connectivity index (χ0v) is 32.4. The maximum atomic E-state index is 4.26. The van der Waals surface area contributed by atoms with Crippen LogP contribution in [0.3, 0.4) is 0 Å². The second-order valence-electron chi connectivity index (χ2n) is 14.8. The molecule has 0 saturated carbocycles. The van der Waals surface area contributed by atoms with Crippen molar-refractivity contribution in [3.8, 4) is 33.4 Å². The van der Waals surface area contributed by atoms with Crippen molar-refractivity contribution in [1.82, 2.24) is 0 Å². The van der Waals surface area contributed by atoms with Crippen LogP contribution in [0.1, 0.15) is 48.1 Å². The van der Waals surface area contributed by atoms with Crippen molar-refractivity contribution < 1.29 is 0 Å². The zero-order valence-electron chi connectivity index (χ0n) is 32.4. The Morgan fingerprint density at radius 1 is 0.536 bits per heavy atom. The van der Waals surface area contributed by atoms with Crippen molar-refractivity contribution in [3.05, 3.63) is 216 Å². The van der Waals surface area contributed by atoms with Gasteiger partial charge in [-0.3, -0.25) is 0 Å². The number of hydrogen-bond acceptors (Lipinski definition) is 0. The van der Waals surface area contributed by atoms with Crippen LogP contribution in [-0.2, 0) is 19.3 Å². The maximum Gasteiger partial charge on any atom is -0.00295 e. The SMILES string of the molecule is C=C/C(=C\C=C1Cc2cc3ccccc3cc2C1)c1cccc(-c2c3c(c(-c4cccc(-c5ccc6ccccc6c5)c4)c4ccccc24)C=CCC3)c1.CC. The quantitative estimate of drug-likeness (QED) is 0.150. The van der Waals surface area contributed by atoms with Gasteiger partial charge in [0.05, 0.1) is 0 Å². The second-order valence-corrected chi connectivity index (χ2v) is 14.8. The Morgan fingerprint density at radius 2 is 1.12 bits per heavy atom. The molecule has 0 saturated heterocycles. The highest BCUT2D eigenvalue weighted by Gasteiger charge is 2.22. The molecule has 0 aliphatic heterocycles. The van der Waals surface area contributed by atoms with Crippen LogP contribution < -0.4 is 0 Å². The molecule has 0 bridgehead atoms. The van der Waals surface area contributed by atoms with Crippen LogP contribution in [0.25, 0.3) is 77.3 Å². The Hall–Kier alpha value is -6.50. The van der Waals surface area contributed by atoms with Crippen LogP contribution in [0.2, 0.25) is 0 Å². The van der Waals surface area contributed by atoms with Gasteiger partial charge >= 0.3 is 0 Å². The third kappa shape index (κ3) is 6.52. The third-order valence-electron chi connectivity index (χ3n) is 11.5. The molecule has 0 nitrogen and oxygen atoms in total. The molecule has 0 unspecified atom stereocenters. The lowest BCUT2D eigenvalue weighted by atomic mass is 9.79. The topological polar surface area (TPSA) is 0 Å². The van der Waals surface area contributed by atoms with Crippen LogP contribution >= 0.6 is 0 Å². The summed E-state index contributed by atoms with van der Waals surface area (Å²) < 4.78 is 0. The monoisotopic (exact) mass is 718 g/mol. The van der Waals surface area contributed by atoms with Gasteiger partial charge in [-0.2, -0.15) is 0 Å². The first kappa shape index (κ1) is 35.2. The van der Waals surface area contributed by atoms with Crippen molar-refractivity contribution in [2.45, 2.75) is 39.5 Å². The standard InChI is InChI=1S/C54H40.C2H6/c1-2-37(26-25-36-29-47-34-41-15-5-6-16-42(41)35-48(47)30-36)39-17-11-19-45(32-39)53-49-21-7-9-23-51(49)54(52-24-10-8-22-50(52)53)46-20-12-18-43(33-46)44-28-27-38-13-3-4-14-40(38)31-44;1-2/h2-7,9-21,23-28,31-35H,1,8,22,29-30H2;1-2H3/b37-26+;. The molecule has 56 heavy (non-hydrogen) atoms. The maximum absolute atomic E-state index is 4.26. The molecular weight excluding hydrogens is 673 g/mol. The number of allylic oxidation sites excluding steroid dienone is 6. The van der Waals surface area contributed by atoms with Gasteiger partial charge < -0.3 is 0 Å². The number of rotatable bonds is 6. The normalized spacial score (nSPS) is 13.3. The molecule has 0 atom stereocenters. The predicted molar refractivity (Wildman–Crippen MR) is 244 cm³/mol. The van der Waals surface area contributed by atoms with Crippen LogP contribution in [0.15, 0.2) is 188 Å². The Morgan fingerprint density at radius 3 is 1.84 bits per heavy atom. The van der Waals surface area contributed by atoms with E-state index in [0.29, 0.717) is 0 Å². The molecule has 0 amide bonds. The zero-order chi connectivity index (χ0) is 38.0. The van der Waals surface area contributed by atoms with Crippen molar-refractivity contribution in [2.75, 3.05) is 0 Å². The fourth-order valence-corrected chi connectivity index (χ4v) is 8.93. The average Bonchev–Trinajstić information content (AvgIpc) is 3.67. The highest BCUT2D eigenvalue weighted by molar-refractivity contribution is 6.10. The molecule has 10 rings (SSSR count). The molecule has 0 heteroatoms. The Bertz CT molecular complexity index is 2840. The van der Waals surface area contributed by atoms with Crippen molar-refractivity contribution in [3.63, 3.8) is 0 Å². The minimum atomic E-state index is 1.00. The molecule has 0 radical (unpaired) electrons. The molecule has 270 valence electrons. The summed E-state index contributed by atoms with van der Waals surface area (Å²) >= 11 is 0. The molecule has 0 aromatic heterocycles. The highest BCUT2D eigenvalue weighted by atomic mass is 14.3. The first-order valence-corrected chi connectivity index (χ1v) is 20.2. The molecule has 0 N–H and O–H groups in total. The lowest BCUT2D eigenvalue weighted by Crippen LogP contribution is -2.02. The molecule has 2 aliphatic carbocycles. The molecule has 0 heterocycles. The van der Waals surface area contributed by atoms with Crippen LogP contribution in [0.4, 0.5) is 0 Å². The van der Waals surface area contributed by atoms with Gasteiger partial charge in [-0.15, -0.1) is 0 Å². The molecular formula is C56H46. The second kappa shape index (κ2) is 15.3. The number of fused-ring (bicyclic) bond motifs is 5. The van der Waals surface area contributed by atoms with Gasteiger partial charge in [0.15, 0.2) is 0 Å². The van der Waals surface area contributed by atoms with E-state index in [0.717, 1.165) is 31.3 Å². The summed E-state index contributed by atoms with van der Waals surface area (Å²) in [5.41, 5.74) is 17.1. The van der Waals surface area contributed by atoms with E-state index >= 15 is 0 Å². The van der Waals surface area contributed by atoms with Crippen LogP contribution in [0.5, 0.6) is 0 Å². The minimum absolute atomic E-state index is 1.00. The van der Waals surface area contributed by atoms with Gasteiger partial charge in [-0.1, -0.05) is 190 Å². The van der Waals surface area contributed by atoms with Gasteiger partial charge in [0, 0.05) is 0 Å². The van der Waals surface area contributed by atoms with Gasteiger partial charge in [0.1, 0.15) is 0 Å². The first-order valence-electron chi connectivity index (χ1n) is 20.2. The van der Waals surface area contributed by atoms with E-state index in [9.17, 15) is 0 Å². The Labute approximate surface area is 331 Å². The van der Waals surface area contributed by atoms with Crippen LogP contribution in [0, 0.1) is 0 Å². The summed E-state index contributed by atoms with van der Waals surface area (Å²) in [4.78, 5) is 0. The molecule has 0 fully saturated rings. The fourth-order valence-electron chi connectivity index (χ4n) is 8.93. The fraction of sp³-hybridized carbons (Fsp3) is 0.107. The predicted octanol–water partition coefficient (Wildman–Crippen LogP) is 15.4. The smallest absolute Gasteiger partial charge is 0.00295 e. The molecule has 8 aromatic rings. The van der Waals surface area contributed by atoms with Gasteiger partial charge in [-0.05, 0) is 143 Å². The van der Waals surface area contributed by atoms with E-state index in [1.165, 1.54) is 99.1 Å². The van der Waals surface area contributed by atoms with Crippen molar-refractivity contribution in [1.29, 1.82) is 0 Å². The summed E-state index contributed by atoms with van der Waals surface area (Å²) in [6.07, 6.45) is 15.4. The minimum Gasteiger partial charge on any atom is -0.0984 e. The van der Waals surface area contributed by atoms with E-state index in [4.69, 9.17) is 0 Å². The summed E-state index contributed by atoms with van der Waals surface area (Å²) in [6, 6.07) is 56.1. The molecule has 8 aromatic carbocycles. The summed E-state index contributed by atoms with van der Waals surface area (Å²) in [6.45, 7) is 8.26. The van der Waals surface area contributed by atoms with E-state index in [2.05, 4.69) is 183 Å². The largest absolute Gasteiger partial charge is 0.0984 e. The Kier molecular flexibility index (Phi) is 9.64. The lowest BCUT2D eigenvalue weighted by Gasteiger charge is -2.24. The summed E-state index contributed by atoms with van der Waals surface area (Å²) in [5, 5.41) is 7.77. The summed E-state index contributed by atoms with van der Waals surface area (Å²) in [7, 11) is 0. The van der Waals surface area contributed by atoms with Gasteiger partial charge in [-0.25, -0.2) is 0 Å². The lowest BCUT2D eigenvalue weighted by molar-refractivity contribution is 0.991. The van der Waals surface area contributed by atoms with Crippen molar-refractivity contribution >= 4 is 44.0 Å². The number of hydrogen-bond donors (Lipinski definition) is 0. The third-order valence-corrected chi connectivity index (χ3v) is 11.5. The summed E-state index contributed by atoms with van der Waals surface area (Å²) in [5.74, 6) is 0. The van der Waals surface area contributed by atoms with E-state index in [1.807, 2.05) is 19.9 Å². The number of benzene rings is 8. The van der Waals surface area contributed by atoms with Gasteiger partial charge in [0.2, 0.25) is 0 Å². The van der Waals surface area contributed by atoms with E-state index < -0.39 is 0 Å². The highest BCUT2D eigenvalue weighted by Crippen LogP contribution is 2.45. The van der Waals surface area contributed by atoms with Crippen molar-refractivity contribution in [2.24, 2.45) is 0 Å². The first-order chi connectivity index (χ1) is 27.7. The molecule has 0 spiro atoms. The average molecular weight is 719 g/mol. The van der Waals surface area contributed by atoms with E-state index in [1.54, 1.807) is 0 Å². The van der Waals surface area contributed by atoms with Crippen LogP contribution in [-0.4, -0.2) is 0 Å². The molecule has 2 aliphatic rings.